The molecule has 2 aliphatic rings. The summed E-state index contributed by atoms with van der Waals surface area (Å²) < 4.78 is 0. The summed E-state index contributed by atoms with van der Waals surface area (Å²) in [4.78, 5) is 0. The van der Waals surface area contributed by atoms with Crippen LogP contribution in [0.25, 0.3) is 0 Å². The molecule has 3 rings (SSSR count). The summed E-state index contributed by atoms with van der Waals surface area (Å²) >= 11 is 0. The SMILES string of the molecule is NC1CCc2ccccc2C1C1CCCCC1. The van der Waals surface area contributed by atoms with E-state index in [0.717, 1.165) is 5.92 Å². The first-order valence-corrected chi connectivity index (χ1v) is 7.19. The number of rotatable bonds is 1. The van der Waals surface area contributed by atoms with Gasteiger partial charge in [-0.1, -0.05) is 43.5 Å². The largest absolute Gasteiger partial charge is 0.327 e. The smallest absolute Gasteiger partial charge is 0.0114 e. The van der Waals surface area contributed by atoms with E-state index in [2.05, 4.69) is 24.3 Å². The third-order valence-electron chi connectivity index (χ3n) is 4.78. The van der Waals surface area contributed by atoms with Crippen LogP contribution in [0, 0.1) is 5.92 Å². The highest BCUT2D eigenvalue weighted by molar-refractivity contribution is 5.35. The molecule has 2 unspecified atom stereocenters. The fraction of sp³-hybridized carbons (Fsp3) is 0.625. The molecule has 1 heteroatoms. The second kappa shape index (κ2) is 4.81. The van der Waals surface area contributed by atoms with E-state index in [9.17, 15) is 0 Å². The minimum atomic E-state index is 0.396. The first-order valence-electron chi connectivity index (χ1n) is 7.19. The minimum absolute atomic E-state index is 0.396. The van der Waals surface area contributed by atoms with E-state index < -0.39 is 0 Å². The van der Waals surface area contributed by atoms with Crippen molar-refractivity contribution >= 4 is 0 Å². The van der Waals surface area contributed by atoms with Crippen LogP contribution in [-0.4, -0.2) is 6.04 Å². The summed E-state index contributed by atoms with van der Waals surface area (Å²) in [7, 11) is 0. The Hall–Kier alpha value is -0.820. The second-order valence-electron chi connectivity index (χ2n) is 5.83. The monoisotopic (exact) mass is 229 g/mol. The van der Waals surface area contributed by atoms with Gasteiger partial charge in [-0.25, -0.2) is 0 Å². The lowest BCUT2D eigenvalue weighted by atomic mass is 9.68. The van der Waals surface area contributed by atoms with Crippen LogP contribution >= 0.6 is 0 Å². The number of hydrogen-bond acceptors (Lipinski definition) is 1. The Labute approximate surface area is 104 Å². The third kappa shape index (κ3) is 2.13. The molecule has 0 amide bonds. The molecule has 17 heavy (non-hydrogen) atoms. The van der Waals surface area contributed by atoms with Crippen LogP contribution in [0.2, 0.25) is 0 Å². The van der Waals surface area contributed by atoms with Gasteiger partial charge in [0.15, 0.2) is 0 Å². The standard InChI is InChI=1S/C16H23N/c17-15-11-10-12-6-4-5-9-14(12)16(15)13-7-2-1-3-8-13/h4-6,9,13,15-16H,1-3,7-8,10-11,17H2. The van der Waals surface area contributed by atoms with E-state index in [4.69, 9.17) is 5.73 Å². The van der Waals surface area contributed by atoms with Gasteiger partial charge < -0.3 is 5.73 Å². The molecule has 1 saturated carbocycles. The molecule has 2 aliphatic carbocycles. The molecule has 2 atom stereocenters. The fourth-order valence-corrected chi connectivity index (χ4v) is 3.92. The van der Waals surface area contributed by atoms with E-state index in [1.807, 2.05) is 0 Å². The minimum Gasteiger partial charge on any atom is -0.327 e. The molecule has 0 saturated heterocycles. The summed E-state index contributed by atoms with van der Waals surface area (Å²) in [5, 5.41) is 0. The Bertz CT molecular complexity index is 379. The average Bonchev–Trinajstić information content (AvgIpc) is 2.39. The maximum atomic E-state index is 6.42. The normalized spacial score (nSPS) is 29.9. The van der Waals surface area contributed by atoms with E-state index in [1.54, 1.807) is 11.1 Å². The summed E-state index contributed by atoms with van der Waals surface area (Å²) in [6, 6.07) is 9.39. The zero-order chi connectivity index (χ0) is 11.7. The highest BCUT2D eigenvalue weighted by atomic mass is 14.7. The van der Waals surface area contributed by atoms with Gasteiger partial charge in [-0.15, -0.1) is 0 Å². The van der Waals surface area contributed by atoms with Crippen LogP contribution in [0.1, 0.15) is 55.6 Å². The van der Waals surface area contributed by atoms with Crippen molar-refractivity contribution in [1.29, 1.82) is 0 Å². The van der Waals surface area contributed by atoms with E-state index >= 15 is 0 Å². The number of fused-ring (bicyclic) bond motifs is 1. The van der Waals surface area contributed by atoms with Crippen molar-refractivity contribution < 1.29 is 0 Å². The van der Waals surface area contributed by atoms with Gasteiger partial charge in [0, 0.05) is 12.0 Å². The fourth-order valence-electron chi connectivity index (χ4n) is 3.92. The number of aryl methyl sites for hydroxylation is 1. The average molecular weight is 229 g/mol. The Morgan fingerprint density at radius 1 is 0.941 bits per heavy atom. The quantitative estimate of drug-likeness (QED) is 0.782. The van der Waals surface area contributed by atoms with Crippen molar-refractivity contribution in [3.8, 4) is 0 Å². The zero-order valence-corrected chi connectivity index (χ0v) is 10.6. The van der Waals surface area contributed by atoms with Gasteiger partial charge in [-0.3, -0.25) is 0 Å². The van der Waals surface area contributed by atoms with Crippen molar-refractivity contribution in [1.82, 2.24) is 0 Å². The second-order valence-corrected chi connectivity index (χ2v) is 5.83. The Balaban J connectivity index is 1.91. The Morgan fingerprint density at radius 3 is 2.53 bits per heavy atom. The van der Waals surface area contributed by atoms with Crippen LogP contribution in [-0.2, 0) is 6.42 Å². The molecular weight excluding hydrogens is 206 g/mol. The van der Waals surface area contributed by atoms with E-state index in [1.165, 1.54) is 44.9 Å². The number of hydrogen-bond donors (Lipinski definition) is 1. The third-order valence-corrected chi connectivity index (χ3v) is 4.78. The first kappa shape index (κ1) is 11.3. The van der Waals surface area contributed by atoms with Crippen molar-refractivity contribution in [2.24, 2.45) is 11.7 Å². The van der Waals surface area contributed by atoms with Crippen LogP contribution in [0.3, 0.4) is 0 Å². The van der Waals surface area contributed by atoms with Crippen LogP contribution in [0.5, 0.6) is 0 Å². The van der Waals surface area contributed by atoms with Crippen molar-refractivity contribution in [3.05, 3.63) is 35.4 Å². The lowest BCUT2D eigenvalue weighted by molar-refractivity contribution is 0.262. The maximum absolute atomic E-state index is 6.42. The number of benzene rings is 1. The molecule has 0 radical (unpaired) electrons. The van der Waals surface area contributed by atoms with Crippen LogP contribution in [0.4, 0.5) is 0 Å². The molecule has 0 aromatic heterocycles. The zero-order valence-electron chi connectivity index (χ0n) is 10.6. The lowest BCUT2D eigenvalue weighted by Gasteiger charge is -2.38. The molecular formula is C16H23N. The van der Waals surface area contributed by atoms with Gasteiger partial charge in [-0.05, 0) is 42.7 Å². The first-order chi connectivity index (χ1) is 8.36. The van der Waals surface area contributed by atoms with E-state index in [0.29, 0.717) is 12.0 Å². The molecule has 2 N–H and O–H groups in total. The molecule has 0 heterocycles. The Morgan fingerprint density at radius 2 is 1.71 bits per heavy atom. The van der Waals surface area contributed by atoms with Gasteiger partial charge in [0.2, 0.25) is 0 Å². The maximum Gasteiger partial charge on any atom is 0.0114 e. The van der Waals surface area contributed by atoms with Crippen molar-refractivity contribution in [2.75, 3.05) is 0 Å². The lowest BCUT2D eigenvalue weighted by Crippen LogP contribution is -2.38. The molecule has 0 spiro atoms. The molecule has 1 aromatic carbocycles. The molecule has 92 valence electrons. The highest BCUT2D eigenvalue weighted by Crippen LogP contribution is 2.42. The predicted molar refractivity (Wildman–Crippen MR) is 72.1 cm³/mol. The molecule has 0 bridgehead atoms. The topological polar surface area (TPSA) is 26.0 Å². The van der Waals surface area contributed by atoms with Gasteiger partial charge in [0.1, 0.15) is 0 Å². The highest BCUT2D eigenvalue weighted by Gasteiger charge is 2.33. The summed E-state index contributed by atoms with van der Waals surface area (Å²) in [5.74, 6) is 1.49. The number of nitrogens with two attached hydrogens (primary N) is 1. The summed E-state index contributed by atoms with van der Waals surface area (Å²) in [6.45, 7) is 0. The summed E-state index contributed by atoms with van der Waals surface area (Å²) in [5.41, 5.74) is 9.55. The Kier molecular flexibility index (Phi) is 3.19. The molecule has 1 nitrogen and oxygen atoms in total. The van der Waals surface area contributed by atoms with Crippen molar-refractivity contribution in [2.45, 2.75) is 56.9 Å². The predicted octanol–water partition coefficient (Wildman–Crippen LogP) is 3.62. The van der Waals surface area contributed by atoms with Gasteiger partial charge >= 0.3 is 0 Å². The van der Waals surface area contributed by atoms with E-state index in [-0.39, 0.29) is 0 Å². The van der Waals surface area contributed by atoms with Gasteiger partial charge in [0.05, 0.1) is 0 Å². The summed E-state index contributed by atoms with van der Waals surface area (Å²) in [6.07, 6.45) is 9.41. The van der Waals surface area contributed by atoms with Crippen LogP contribution in [0.15, 0.2) is 24.3 Å². The van der Waals surface area contributed by atoms with Gasteiger partial charge in [0.25, 0.3) is 0 Å². The molecule has 1 fully saturated rings. The van der Waals surface area contributed by atoms with Crippen LogP contribution < -0.4 is 5.73 Å². The van der Waals surface area contributed by atoms with Crippen molar-refractivity contribution in [3.63, 3.8) is 0 Å². The molecule has 1 aromatic rings. The van der Waals surface area contributed by atoms with Gasteiger partial charge in [-0.2, -0.15) is 0 Å². The molecule has 0 aliphatic heterocycles.